The number of aromatic nitrogens is 1. The predicted molar refractivity (Wildman–Crippen MR) is 61.0 cm³/mol. The van der Waals surface area contributed by atoms with Crippen LogP contribution >= 0.6 is 0 Å². The lowest BCUT2D eigenvalue weighted by Crippen LogP contribution is -2.23. The molecule has 0 saturated heterocycles. The zero-order valence-electron chi connectivity index (χ0n) is 8.78. The first-order valence-electron chi connectivity index (χ1n) is 4.58. The molecular formula is C10H16N2OS. The standard InChI is InChI=1S/C10H16N2OS/c1-8-5-4-6-11-10(8)12-9(2)7-14(3)13/h4-6,9H,7H2,1-3H3,(H,11,12). The lowest BCUT2D eigenvalue weighted by atomic mass is 10.2. The van der Waals surface area contributed by atoms with Crippen molar-refractivity contribution >= 4 is 16.6 Å². The Kier molecular flexibility index (Phi) is 4.07. The maximum absolute atomic E-state index is 11.0. The smallest absolute Gasteiger partial charge is 0.129 e. The van der Waals surface area contributed by atoms with Crippen LogP contribution in [-0.2, 0) is 10.8 Å². The van der Waals surface area contributed by atoms with Crippen LogP contribution < -0.4 is 5.32 Å². The normalized spacial score (nSPS) is 14.8. The van der Waals surface area contributed by atoms with Crippen LogP contribution in [0.5, 0.6) is 0 Å². The van der Waals surface area contributed by atoms with Crippen molar-refractivity contribution in [2.24, 2.45) is 0 Å². The van der Waals surface area contributed by atoms with E-state index in [0.717, 1.165) is 11.4 Å². The zero-order chi connectivity index (χ0) is 10.6. The Balaban J connectivity index is 2.60. The number of hydrogen-bond acceptors (Lipinski definition) is 3. The number of anilines is 1. The summed E-state index contributed by atoms with van der Waals surface area (Å²) < 4.78 is 11.0. The van der Waals surface area contributed by atoms with Crippen LogP contribution in [0.15, 0.2) is 18.3 Å². The summed E-state index contributed by atoms with van der Waals surface area (Å²) in [6.45, 7) is 4.01. The summed E-state index contributed by atoms with van der Waals surface area (Å²) in [6.07, 6.45) is 3.47. The largest absolute Gasteiger partial charge is 0.366 e. The maximum Gasteiger partial charge on any atom is 0.129 e. The van der Waals surface area contributed by atoms with Crippen molar-refractivity contribution in [3.05, 3.63) is 23.9 Å². The van der Waals surface area contributed by atoms with Crippen molar-refractivity contribution in [3.63, 3.8) is 0 Å². The van der Waals surface area contributed by atoms with E-state index in [1.54, 1.807) is 12.5 Å². The summed E-state index contributed by atoms with van der Waals surface area (Å²) in [5.41, 5.74) is 1.11. The summed E-state index contributed by atoms with van der Waals surface area (Å²) >= 11 is 0. The molecule has 1 aromatic rings. The van der Waals surface area contributed by atoms with Crippen molar-refractivity contribution < 1.29 is 4.21 Å². The molecule has 0 radical (unpaired) electrons. The fourth-order valence-corrected chi connectivity index (χ4v) is 2.05. The minimum atomic E-state index is -0.766. The van der Waals surface area contributed by atoms with Gasteiger partial charge in [0.15, 0.2) is 0 Å². The van der Waals surface area contributed by atoms with Gasteiger partial charge in [-0.05, 0) is 25.5 Å². The number of rotatable bonds is 4. The molecule has 1 rings (SSSR count). The molecule has 1 heterocycles. The van der Waals surface area contributed by atoms with Gasteiger partial charge in [-0.25, -0.2) is 4.98 Å². The van der Waals surface area contributed by atoms with Crippen LogP contribution in [0.3, 0.4) is 0 Å². The van der Waals surface area contributed by atoms with Gasteiger partial charge in [-0.2, -0.15) is 0 Å². The summed E-state index contributed by atoms with van der Waals surface area (Å²) in [4.78, 5) is 4.22. The van der Waals surface area contributed by atoms with Gasteiger partial charge in [0.25, 0.3) is 0 Å². The summed E-state index contributed by atoms with van der Waals surface area (Å²) in [5.74, 6) is 1.53. The quantitative estimate of drug-likeness (QED) is 0.823. The second-order valence-corrected chi connectivity index (χ2v) is 4.93. The molecule has 4 heteroatoms. The van der Waals surface area contributed by atoms with Gasteiger partial charge >= 0.3 is 0 Å². The number of nitrogens with one attached hydrogen (secondary N) is 1. The molecule has 0 amide bonds. The number of hydrogen-bond donors (Lipinski definition) is 1. The van der Waals surface area contributed by atoms with Crippen LogP contribution in [0.2, 0.25) is 0 Å². The highest BCUT2D eigenvalue weighted by Gasteiger charge is 2.06. The highest BCUT2D eigenvalue weighted by atomic mass is 32.2. The average Bonchev–Trinajstić information content (AvgIpc) is 2.07. The predicted octanol–water partition coefficient (Wildman–Crippen LogP) is 1.57. The second-order valence-electron chi connectivity index (χ2n) is 3.45. The van der Waals surface area contributed by atoms with Gasteiger partial charge in [-0.1, -0.05) is 6.07 Å². The van der Waals surface area contributed by atoms with Crippen LogP contribution in [0.1, 0.15) is 12.5 Å². The van der Waals surface area contributed by atoms with E-state index in [0.29, 0.717) is 5.75 Å². The SMILES string of the molecule is Cc1cccnc1NC(C)CS(C)=O. The molecule has 0 bridgehead atoms. The van der Waals surface area contributed by atoms with E-state index in [1.165, 1.54) is 0 Å². The monoisotopic (exact) mass is 212 g/mol. The molecule has 0 fully saturated rings. The van der Waals surface area contributed by atoms with E-state index in [4.69, 9.17) is 0 Å². The molecule has 3 nitrogen and oxygen atoms in total. The maximum atomic E-state index is 11.0. The van der Waals surface area contributed by atoms with Gasteiger partial charge in [0.05, 0.1) is 0 Å². The molecule has 0 aliphatic heterocycles. The van der Waals surface area contributed by atoms with Gasteiger partial charge in [0, 0.05) is 35.0 Å². The summed E-state index contributed by atoms with van der Waals surface area (Å²) in [7, 11) is -0.766. The van der Waals surface area contributed by atoms with Gasteiger partial charge < -0.3 is 5.32 Å². The molecule has 0 spiro atoms. The average molecular weight is 212 g/mol. The van der Waals surface area contributed by atoms with Gasteiger partial charge in [0.2, 0.25) is 0 Å². The van der Waals surface area contributed by atoms with E-state index in [1.807, 2.05) is 26.0 Å². The minimum absolute atomic E-state index is 0.189. The van der Waals surface area contributed by atoms with E-state index < -0.39 is 10.8 Å². The first kappa shape index (κ1) is 11.2. The van der Waals surface area contributed by atoms with Crippen LogP contribution in [0.4, 0.5) is 5.82 Å². The summed E-state index contributed by atoms with van der Waals surface area (Å²) in [6, 6.07) is 4.10. The molecule has 0 aliphatic rings. The number of aryl methyl sites for hydroxylation is 1. The van der Waals surface area contributed by atoms with E-state index >= 15 is 0 Å². The van der Waals surface area contributed by atoms with E-state index in [9.17, 15) is 4.21 Å². The highest BCUT2D eigenvalue weighted by Crippen LogP contribution is 2.10. The van der Waals surface area contributed by atoms with Gasteiger partial charge in [-0.15, -0.1) is 0 Å². The zero-order valence-corrected chi connectivity index (χ0v) is 9.60. The minimum Gasteiger partial charge on any atom is -0.366 e. The third-order valence-electron chi connectivity index (χ3n) is 1.88. The molecule has 1 aromatic heterocycles. The molecular weight excluding hydrogens is 196 g/mol. The fraction of sp³-hybridized carbons (Fsp3) is 0.500. The number of pyridine rings is 1. The Morgan fingerprint density at radius 2 is 2.36 bits per heavy atom. The Morgan fingerprint density at radius 1 is 1.64 bits per heavy atom. The molecule has 1 N–H and O–H groups in total. The Hall–Kier alpha value is -0.900. The fourth-order valence-electron chi connectivity index (χ4n) is 1.26. The highest BCUT2D eigenvalue weighted by molar-refractivity contribution is 7.84. The van der Waals surface area contributed by atoms with Crippen LogP contribution in [-0.4, -0.2) is 27.2 Å². The van der Waals surface area contributed by atoms with Crippen LogP contribution in [0.25, 0.3) is 0 Å². The molecule has 0 aromatic carbocycles. The lowest BCUT2D eigenvalue weighted by molar-refractivity contribution is 0.683. The molecule has 2 unspecified atom stereocenters. The van der Waals surface area contributed by atoms with Crippen molar-refractivity contribution in [2.45, 2.75) is 19.9 Å². The van der Waals surface area contributed by atoms with Crippen molar-refractivity contribution in [1.82, 2.24) is 4.98 Å². The van der Waals surface area contributed by atoms with E-state index in [-0.39, 0.29) is 6.04 Å². The Morgan fingerprint density at radius 3 is 2.93 bits per heavy atom. The van der Waals surface area contributed by atoms with Gasteiger partial charge in [-0.3, -0.25) is 4.21 Å². The first-order valence-corrected chi connectivity index (χ1v) is 6.30. The first-order chi connectivity index (χ1) is 6.59. The molecule has 14 heavy (non-hydrogen) atoms. The lowest BCUT2D eigenvalue weighted by Gasteiger charge is -2.14. The molecule has 78 valence electrons. The topological polar surface area (TPSA) is 42.0 Å². The van der Waals surface area contributed by atoms with Crippen LogP contribution in [0, 0.1) is 6.92 Å². The molecule has 0 saturated carbocycles. The Labute approximate surface area is 87.4 Å². The summed E-state index contributed by atoms with van der Waals surface area (Å²) in [5, 5.41) is 3.24. The van der Waals surface area contributed by atoms with Gasteiger partial charge in [0.1, 0.15) is 5.82 Å². The molecule has 2 atom stereocenters. The third kappa shape index (κ3) is 3.46. The number of nitrogens with zero attached hydrogens (tertiary/aromatic N) is 1. The van der Waals surface area contributed by atoms with Crippen molar-refractivity contribution in [1.29, 1.82) is 0 Å². The van der Waals surface area contributed by atoms with Crippen molar-refractivity contribution in [2.75, 3.05) is 17.3 Å². The second kappa shape index (κ2) is 5.10. The third-order valence-corrected chi connectivity index (χ3v) is 2.85. The molecule has 0 aliphatic carbocycles. The van der Waals surface area contributed by atoms with E-state index in [2.05, 4.69) is 10.3 Å². The Bertz CT molecular complexity index is 328. The van der Waals surface area contributed by atoms with Crippen molar-refractivity contribution in [3.8, 4) is 0 Å².